The zero-order chi connectivity index (χ0) is 21.5. The van der Waals surface area contributed by atoms with Crippen LogP contribution in [0.2, 0.25) is 0 Å². The summed E-state index contributed by atoms with van der Waals surface area (Å²) >= 11 is 1.68. The molecule has 2 saturated heterocycles. The molecule has 0 spiro atoms. The second-order valence-electron chi connectivity index (χ2n) is 8.19. The van der Waals surface area contributed by atoms with E-state index in [4.69, 9.17) is 9.47 Å². The van der Waals surface area contributed by atoms with E-state index in [0.29, 0.717) is 44.8 Å². The number of para-hydroxylation sites is 1. The van der Waals surface area contributed by atoms with Crippen LogP contribution in [0.25, 0.3) is 0 Å². The van der Waals surface area contributed by atoms with Gasteiger partial charge < -0.3 is 19.3 Å². The van der Waals surface area contributed by atoms with Gasteiger partial charge in [-0.15, -0.1) is 11.3 Å². The van der Waals surface area contributed by atoms with Gasteiger partial charge in [-0.2, -0.15) is 0 Å². The first-order chi connectivity index (χ1) is 15.2. The third kappa shape index (κ3) is 6.08. The summed E-state index contributed by atoms with van der Waals surface area (Å²) in [4.78, 5) is 30.8. The van der Waals surface area contributed by atoms with Gasteiger partial charge in [0, 0.05) is 37.0 Å². The van der Waals surface area contributed by atoms with Crippen molar-refractivity contribution in [1.82, 2.24) is 9.80 Å². The highest BCUT2D eigenvalue weighted by atomic mass is 32.1. The number of carbonyl (C=O) groups is 2. The fourth-order valence-corrected chi connectivity index (χ4v) is 4.96. The molecule has 7 heteroatoms. The van der Waals surface area contributed by atoms with E-state index in [1.165, 1.54) is 4.88 Å². The number of piperidine rings is 1. The predicted molar refractivity (Wildman–Crippen MR) is 120 cm³/mol. The first-order valence-corrected chi connectivity index (χ1v) is 12.0. The van der Waals surface area contributed by atoms with Crippen LogP contribution < -0.4 is 4.74 Å². The van der Waals surface area contributed by atoms with E-state index in [9.17, 15) is 9.59 Å². The smallest absolute Gasteiger partial charge is 0.260 e. The second-order valence-corrected chi connectivity index (χ2v) is 9.22. The molecule has 0 N–H and O–H groups in total. The molecule has 1 unspecified atom stereocenters. The van der Waals surface area contributed by atoms with Crippen LogP contribution in [0.5, 0.6) is 5.75 Å². The summed E-state index contributed by atoms with van der Waals surface area (Å²) in [6, 6.07) is 13.5. The minimum absolute atomic E-state index is 0.0236. The van der Waals surface area contributed by atoms with Crippen molar-refractivity contribution in [1.29, 1.82) is 0 Å². The minimum Gasteiger partial charge on any atom is -0.484 e. The van der Waals surface area contributed by atoms with Crippen LogP contribution in [0.1, 0.15) is 30.6 Å². The number of amides is 2. The number of likely N-dealkylation sites (tertiary alicyclic amines) is 1. The van der Waals surface area contributed by atoms with Crippen molar-refractivity contribution in [3.63, 3.8) is 0 Å². The van der Waals surface area contributed by atoms with Gasteiger partial charge in [0.05, 0.1) is 12.6 Å². The summed E-state index contributed by atoms with van der Waals surface area (Å²) < 4.78 is 11.4. The number of carbonyl (C=O) groups excluding carboxylic acids is 2. The lowest BCUT2D eigenvalue weighted by Gasteiger charge is -2.35. The molecule has 2 aliphatic heterocycles. The molecule has 0 saturated carbocycles. The monoisotopic (exact) mass is 442 g/mol. The molecule has 6 nitrogen and oxygen atoms in total. The maximum atomic E-state index is 13.3. The van der Waals surface area contributed by atoms with Crippen LogP contribution in [0.4, 0.5) is 0 Å². The van der Waals surface area contributed by atoms with Gasteiger partial charge in [-0.25, -0.2) is 0 Å². The van der Waals surface area contributed by atoms with Crippen molar-refractivity contribution in [2.45, 2.75) is 38.3 Å². The molecule has 0 aliphatic carbocycles. The number of rotatable bonds is 8. The quantitative estimate of drug-likeness (QED) is 0.627. The molecule has 1 aromatic heterocycles. The van der Waals surface area contributed by atoms with E-state index in [1.54, 1.807) is 11.3 Å². The van der Waals surface area contributed by atoms with Crippen molar-refractivity contribution in [3.05, 3.63) is 52.7 Å². The molecule has 1 atom stereocenters. The first-order valence-electron chi connectivity index (χ1n) is 11.1. The molecule has 0 bridgehead atoms. The van der Waals surface area contributed by atoms with Crippen LogP contribution in [-0.2, 0) is 20.9 Å². The number of hydrogen-bond acceptors (Lipinski definition) is 5. The van der Waals surface area contributed by atoms with Crippen LogP contribution in [-0.4, -0.2) is 60.6 Å². The maximum Gasteiger partial charge on any atom is 0.260 e. The number of benzene rings is 1. The molecule has 2 aliphatic rings. The van der Waals surface area contributed by atoms with Crippen molar-refractivity contribution >= 4 is 23.2 Å². The van der Waals surface area contributed by atoms with Gasteiger partial charge in [0.15, 0.2) is 6.61 Å². The summed E-state index contributed by atoms with van der Waals surface area (Å²) in [5, 5.41) is 2.05. The summed E-state index contributed by atoms with van der Waals surface area (Å²) in [7, 11) is 0. The third-order valence-electron chi connectivity index (χ3n) is 5.99. The van der Waals surface area contributed by atoms with E-state index in [2.05, 4.69) is 6.07 Å². The zero-order valence-electron chi connectivity index (χ0n) is 17.8. The molecule has 2 amide bonds. The Morgan fingerprint density at radius 3 is 2.58 bits per heavy atom. The van der Waals surface area contributed by atoms with Gasteiger partial charge >= 0.3 is 0 Å². The predicted octanol–water partition coefficient (Wildman–Crippen LogP) is 3.57. The Kier molecular flexibility index (Phi) is 7.59. The lowest BCUT2D eigenvalue weighted by Crippen LogP contribution is -2.46. The molecule has 1 aromatic carbocycles. The summed E-state index contributed by atoms with van der Waals surface area (Å²) in [5.74, 6) is 0.820. The van der Waals surface area contributed by atoms with Gasteiger partial charge in [-0.1, -0.05) is 24.3 Å². The zero-order valence-corrected chi connectivity index (χ0v) is 18.6. The van der Waals surface area contributed by atoms with Gasteiger partial charge in [0.25, 0.3) is 5.91 Å². The Hall–Kier alpha value is -2.38. The third-order valence-corrected chi connectivity index (χ3v) is 6.85. The van der Waals surface area contributed by atoms with Gasteiger partial charge in [-0.3, -0.25) is 9.59 Å². The van der Waals surface area contributed by atoms with Crippen molar-refractivity contribution < 1.29 is 19.1 Å². The Morgan fingerprint density at radius 1 is 1.10 bits per heavy atom. The normalized spacial score (nSPS) is 19.4. The number of thiophene rings is 1. The van der Waals surface area contributed by atoms with E-state index in [0.717, 1.165) is 19.4 Å². The molecular weight excluding hydrogens is 412 g/mol. The molecule has 2 aromatic rings. The highest BCUT2D eigenvalue weighted by Crippen LogP contribution is 2.24. The lowest BCUT2D eigenvalue weighted by atomic mass is 9.95. The molecule has 166 valence electrons. The Bertz CT molecular complexity index is 829. The van der Waals surface area contributed by atoms with Crippen LogP contribution in [0.3, 0.4) is 0 Å². The number of hydrogen-bond donors (Lipinski definition) is 0. The summed E-state index contributed by atoms with van der Waals surface area (Å²) in [6.45, 7) is 3.31. The maximum absolute atomic E-state index is 13.3. The minimum atomic E-state index is -0.0412. The van der Waals surface area contributed by atoms with Gasteiger partial charge in [0.2, 0.25) is 5.91 Å². The molecule has 2 fully saturated rings. The number of nitrogens with zero attached hydrogens (tertiary/aromatic N) is 2. The van der Waals surface area contributed by atoms with Crippen LogP contribution in [0, 0.1) is 5.92 Å². The van der Waals surface area contributed by atoms with E-state index in [1.807, 2.05) is 51.6 Å². The van der Waals surface area contributed by atoms with E-state index >= 15 is 0 Å². The fourth-order valence-electron chi connectivity index (χ4n) is 4.24. The van der Waals surface area contributed by atoms with Gasteiger partial charge in [0.1, 0.15) is 5.75 Å². The average Bonchev–Trinajstić information content (AvgIpc) is 3.52. The Labute approximate surface area is 187 Å². The Balaban J connectivity index is 1.29. The van der Waals surface area contributed by atoms with Crippen LogP contribution >= 0.6 is 11.3 Å². The molecular formula is C24H30N2O4S. The van der Waals surface area contributed by atoms with E-state index < -0.39 is 0 Å². The summed E-state index contributed by atoms with van der Waals surface area (Å²) in [6.07, 6.45) is 3.62. The van der Waals surface area contributed by atoms with E-state index in [-0.39, 0.29) is 30.4 Å². The largest absolute Gasteiger partial charge is 0.484 e. The van der Waals surface area contributed by atoms with Crippen molar-refractivity contribution in [3.8, 4) is 5.75 Å². The lowest BCUT2D eigenvalue weighted by molar-refractivity contribution is -0.143. The Morgan fingerprint density at radius 2 is 1.90 bits per heavy atom. The topological polar surface area (TPSA) is 59.1 Å². The van der Waals surface area contributed by atoms with Crippen LogP contribution in [0.15, 0.2) is 47.8 Å². The molecule has 4 rings (SSSR count). The SMILES string of the molecule is O=C(COc1ccccc1)N1CCC(C(=O)N(Cc2cccs2)CC2CCCO2)CC1. The molecule has 31 heavy (non-hydrogen) atoms. The van der Waals surface area contributed by atoms with Gasteiger partial charge in [-0.05, 0) is 49.3 Å². The fraction of sp³-hybridized carbons (Fsp3) is 0.500. The molecule has 3 heterocycles. The average molecular weight is 443 g/mol. The highest BCUT2D eigenvalue weighted by Gasteiger charge is 2.32. The van der Waals surface area contributed by atoms with Crippen molar-refractivity contribution in [2.24, 2.45) is 5.92 Å². The standard InChI is InChI=1S/C24H30N2O4S/c27-23(18-30-20-6-2-1-3-7-20)25-12-10-19(11-13-25)24(28)26(16-21-8-4-14-29-21)17-22-9-5-15-31-22/h1-3,5-7,9,15,19,21H,4,8,10-14,16-18H2. The number of ether oxygens (including phenoxy) is 2. The molecule has 0 radical (unpaired) electrons. The second kappa shape index (κ2) is 10.8. The van der Waals surface area contributed by atoms with Crippen molar-refractivity contribution in [2.75, 3.05) is 32.8 Å². The highest BCUT2D eigenvalue weighted by molar-refractivity contribution is 7.09. The first kappa shape index (κ1) is 21.8. The summed E-state index contributed by atoms with van der Waals surface area (Å²) in [5.41, 5.74) is 0.